The Balaban J connectivity index is 1.89. The zero-order valence-electron chi connectivity index (χ0n) is 12.1. The lowest BCUT2D eigenvalue weighted by atomic mass is 9.95. The topological polar surface area (TPSA) is 15.3 Å². The monoisotopic (exact) mass is 238 g/mol. The normalized spacial score (nSPS) is 33.0. The van der Waals surface area contributed by atoms with Gasteiger partial charge in [0.25, 0.3) is 0 Å². The fourth-order valence-corrected chi connectivity index (χ4v) is 2.90. The minimum absolute atomic E-state index is 0.770. The first-order valence-corrected chi connectivity index (χ1v) is 7.59. The van der Waals surface area contributed by atoms with Gasteiger partial charge in [0.2, 0.25) is 0 Å². The Morgan fingerprint density at radius 2 is 1.94 bits per heavy atom. The predicted octanol–water partition coefficient (Wildman–Crippen LogP) is 2.74. The molecule has 3 unspecified atom stereocenters. The fourth-order valence-electron chi connectivity index (χ4n) is 2.90. The van der Waals surface area contributed by atoms with Crippen LogP contribution in [0.4, 0.5) is 0 Å². The van der Waals surface area contributed by atoms with Gasteiger partial charge in [0.05, 0.1) is 0 Å². The molecule has 2 nitrogen and oxygen atoms in total. The first-order chi connectivity index (χ1) is 8.11. The predicted molar refractivity (Wildman–Crippen MR) is 74.2 cm³/mol. The Hall–Kier alpha value is -0.0800. The minimum Gasteiger partial charge on any atom is -0.311 e. The molecular formula is C15H30N2. The maximum absolute atomic E-state index is 3.77. The van der Waals surface area contributed by atoms with E-state index in [1.54, 1.807) is 0 Å². The maximum atomic E-state index is 3.77. The van der Waals surface area contributed by atoms with Crippen LogP contribution in [0.3, 0.4) is 0 Å². The second-order valence-corrected chi connectivity index (χ2v) is 6.59. The van der Waals surface area contributed by atoms with Gasteiger partial charge in [-0.1, -0.05) is 27.7 Å². The number of nitrogens with one attached hydrogen (secondary N) is 1. The smallest absolute Gasteiger partial charge is 0.0224 e. The molecule has 1 saturated heterocycles. The van der Waals surface area contributed by atoms with E-state index in [9.17, 15) is 0 Å². The van der Waals surface area contributed by atoms with Crippen LogP contribution in [0.2, 0.25) is 0 Å². The van der Waals surface area contributed by atoms with E-state index in [-0.39, 0.29) is 0 Å². The average molecular weight is 238 g/mol. The van der Waals surface area contributed by atoms with E-state index in [2.05, 4.69) is 37.9 Å². The molecule has 1 heterocycles. The van der Waals surface area contributed by atoms with Crippen molar-refractivity contribution in [2.24, 2.45) is 17.8 Å². The lowest BCUT2D eigenvalue weighted by molar-refractivity contribution is 0.0941. The van der Waals surface area contributed by atoms with Crippen LogP contribution in [0.5, 0.6) is 0 Å². The van der Waals surface area contributed by atoms with Crippen LogP contribution in [0, 0.1) is 17.8 Å². The molecule has 2 heteroatoms. The van der Waals surface area contributed by atoms with E-state index in [0.717, 1.165) is 29.8 Å². The van der Waals surface area contributed by atoms with Crippen LogP contribution in [-0.4, -0.2) is 36.6 Å². The molecule has 1 N–H and O–H groups in total. The molecule has 1 aliphatic carbocycles. The van der Waals surface area contributed by atoms with Gasteiger partial charge in [-0.2, -0.15) is 0 Å². The number of piperazine rings is 1. The largest absolute Gasteiger partial charge is 0.311 e. The Labute approximate surface area is 107 Å². The van der Waals surface area contributed by atoms with Crippen LogP contribution < -0.4 is 5.32 Å². The molecule has 100 valence electrons. The molecule has 2 fully saturated rings. The van der Waals surface area contributed by atoms with Gasteiger partial charge in [-0.3, -0.25) is 4.90 Å². The standard InChI is InChI=1S/C15H30N2/c1-5-14-8-16-15(13-6-7-13)10-17(14)9-12(4)11(2)3/h11-16H,5-10H2,1-4H3. The number of hydrogen-bond acceptors (Lipinski definition) is 2. The summed E-state index contributed by atoms with van der Waals surface area (Å²) in [7, 11) is 0. The van der Waals surface area contributed by atoms with Gasteiger partial charge in [-0.25, -0.2) is 0 Å². The number of hydrogen-bond donors (Lipinski definition) is 1. The second kappa shape index (κ2) is 5.71. The first-order valence-electron chi connectivity index (χ1n) is 7.59. The first kappa shape index (κ1) is 13.4. The molecule has 0 amide bonds. The summed E-state index contributed by atoms with van der Waals surface area (Å²) in [5.41, 5.74) is 0. The summed E-state index contributed by atoms with van der Waals surface area (Å²) in [5, 5.41) is 3.77. The van der Waals surface area contributed by atoms with Crippen molar-refractivity contribution in [3.63, 3.8) is 0 Å². The summed E-state index contributed by atoms with van der Waals surface area (Å²) < 4.78 is 0. The van der Waals surface area contributed by atoms with Crippen molar-refractivity contribution >= 4 is 0 Å². The minimum atomic E-state index is 0.770. The van der Waals surface area contributed by atoms with Crippen molar-refractivity contribution in [2.75, 3.05) is 19.6 Å². The molecule has 2 rings (SSSR count). The van der Waals surface area contributed by atoms with Crippen LogP contribution in [0.25, 0.3) is 0 Å². The van der Waals surface area contributed by atoms with Crippen molar-refractivity contribution in [2.45, 2.75) is 59.0 Å². The highest BCUT2D eigenvalue weighted by Crippen LogP contribution is 2.34. The molecule has 17 heavy (non-hydrogen) atoms. The van der Waals surface area contributed by atoms with Gasteiger partial charge in [-0.05, 0) is 37.0 Å². The van der Waals surface area contributed by atoms with Gasteiger partial charge >= 0.3 is 0 Å². The third kappa shape index (κ3) is 3.45. The molecule has 0 radical (unpaired) electrons. The molecule has 0 aromatic rings. The summed E-state index contributed by atoms with van der Waals surface area (Å²) in [6.45, 7) is 13.2. The Morgan fingerprint density at radius 3 is 2.47 bits per heavy atom. The van der Waals surface area contributed by atoms with E-state index in [0.29, 0.717) is 0 Å². The van der Waals surface area contributed by atoms with E-state index < -0.39 is 0 Å². The van der Waals surface area contributed by atoms with E-state index >= 15 is 0 Å². The summed E-state index contributed by atoms with van der Waals surface area (Å²) in [5.74, 6) is 2.62. The van der Waals surface area contributed by atoms with Gasteiger partial charge < -0.3 is 5.32 Å². The van der Waals surface area contributed by atoms with E-state index in [1.807, 2.05) is 0 Å². The zero-order chi connectivity index (χ0) is 12.4. The highest BCUT2D eigenvalue weighted by atomic mass is 15.2. The van der Waals surface area contributed by atoms with Crippen molar-refractivity contribution in [1.29, 1.82) is 0 Å². The molecule has 1 saturated carbocycles. The molecule has 0 bridgehead atoms. The molecule has 0 aromatic carbocycles. The third-order valence-corrected chi connectivity index (χ3v) is 4.89. The Kier molecular flexibility index (Phi) is 4.48. The lowest BCUT2D eigenvalue weighted by Gasteiger charge is -2.42. The van der Waals surface area contributed by atoms with E-state index in [1.165, 1.54) is 38.9 Å². The van der Waals surface area contributed by atoms with Crippen molar-refractivity contribution in [3.8, 4) is 0 Å². The maximum Gasteiger partial charge on any atom is 0.0224 e. The van der Waals surface area contributed by atoms with Gasteiger partial charge in [0.1, 0.15) is 0 Å². The summed E-state index contributed by atoms with van der Waals surface area (Å²) in [6.07, 6.45) is 4.21. The fraction of sp³-hybridized carbons (Fsp3) is 1.00. The van der Waals surface area contributed by atoms with Gasteiger partial charge in [0, 0.05) is 31.7 Å². The summed E-state index contributed by atoms with van der Waals surface area (Å²) in [6, 6.07) is 1.56. The second-order valence-electron chi connectivity index (χ2n) is 6.59. The van der Waals surface area contributed by atoms with E-state index in [4.69, 9.17) is 0 Å². The van der Waals surface area contributed by atoms with Crippen molar-refractivity contribution in [3.05, 3.63) is 0 Å². The highest BCUT2D eigenvalue weighted by Gasteiger charge is 2.36. The molecule has 2 aliphatic rings. The Morgan fingerprint density at radius 1 is 1.24 bits per heavy atom. The van der Waals surface area contributed by atoms with Crippen molar-refractivity contribution < 1.29 is 0 Å². The zero-order valence-corrected chi connectivity index (χ0v) is 12.1. The molecule has 3 atom stereocenters. The molecular weight excluding hydrogens is 208 g/mol. The average Bonchev–Trinajstić information content (AvgIpc) is 3.12. The molecule has 1 aliphatic heterocycles. The summed E-state index contributed by atoms with van der Waals surface area (Å²) in [4.78, 5) is 2.77. The van der Waals surface area contributed by atoms with Crippen LogP contribution in [-0.2, 0) is 0 Å². The van der Waals surface area contributed by atoms with Gasteiger partial charge in [-0.15, -0.1) is 0 Å². The lowest BCUT2D eigenvalue weighted by Crippen LogP contribution is -2.58. The highest BCUT2D eigenvalue weighted by molar-refractivity contribution is 4.94. The van der Waals surface area contributed by atoms with Crippen molar-refractivity contribution in [1.82, 2.24) is 10.2 Å². The Bertz CT molecular complexity index is 233. The number of rotatable bonds is 5. The van der Waals surface area contributed by atoms with Gasteiger partial charge in [0.15, 0.2) is 0 Å². The van der Waals surface area contributed by atoms with Crippen LogP contribution >= 0.6 is 0 Å². The van der Waals surface area contributed by atoms with Crippen LogP contribution in [0.1, 0.15) is 47.0 Å². The summed E-state index contributed by atoms with van der Waals surface area (Å²) >= 11 is 0. The molecule has 0 aromatic heterocycles. The molecule has 0 spiro atoms. The SMILES string of the molecule is CCC1CNC(C2CC2)CN1CC(C)C(C)C. The quantitative estimate of drug-likeness (QED) is 0.792. The number of nitrogens with zero attached hydrogens (tertiary/aromatic N) is 1. The van der Waals surface area contributed by atoms with Crippen LogP contribution in [0.15, 0.2) is 0 Å². The third-order valence-electron chi connectivity index (χ3n) is 4.89.